The van der Waals surface area contributed by atoms with Gasteiger partial charge in [-0.05, 0) is 30.5 Å². The van der Waals surface area contributed by atoms with Crippen molar-refractivity contribution in [1.82, 2.24) is 10.6 Å². The predicted molar refractivity (Wildman–Crippen MR) is 70.8 cm³/mol. The zero-order valence-electron chi connectivity index (χ0n) is 11.0. The topological polar surface area (TPSA) is 50.4 Å². The molecule has 0 unspecified atom stereocenters. The van der Waals surface area contributed by atoms with Crippen molar-refractivity contribution < 1.29 is 9.53 Å². The minimum absolute atomic E-state index is 0.166. The molecule has 2 rings (SSSR count). The van der Waals surface area contributed by atoms with E-state index in [2.05, 4.69) is 16.7 Å². The van der Waals surface area contributed by atoms with Gasteiger partial charge < -0.3 is 15.4 Å². The largest absolute Gasteiger partial charge is 0.496 e. The lowest BCUT2D eigenvalue weighted by atomic mass is 10.0. The van der Waals surface area contributed by atoms with Crippen molar-refractivity contribution in [2.24, 2.45) is 5.92 Å². The summed E-state index contributed by atoms with van der Waals surface area (Å²) in [5.41, 5.74) is 2.35. The Morgan fingerprint density at radius 2 is 2.28 bits per heavy atom. The molecule has 0 radical (unpaired) electrons. The van der Waals surface area contributed by atoms with Gasteiger partial charge in [0.05, 0.1) is 13.0 Å². The average Bonchev–Trinajstić information content (AvgIpc) is 2.27. The molecule has 1 saturated heterocycles. The maximum atomic E-state index is 11.6. The Hall–Kier alpha value is -1.55. The first-order valence-electron chi connectivity index (χ1n) is 6.32. The zero-order chi connectivity index (χ0) is 13.0. The van der Waals surface area contributed by atoms with Crippen LogP contribution in [-0.4, -0.2) is 32.7 Å². The van der Waals surface area contributed by atoms with Gasteiger partial charge in [0, 0.05) is 19.6 Å². The Balaban J connectivity index is 1.79. The van der Waals surface area contributed by atoms with E-state index < -0.39 is 0 Å². The molecule has 1 aromatic carbocycles. The lowest BCUT2D eigenvalue weighted by Gasteiger charge is -2.25. The van der Waals surface area contributed by atoms with E-state index in [4.69, 9.17) is 4.74 Å². The highest BCUT2D eigenvalue weighted by molar-refractivity contribution is 5.79. The molecule has 1 amide bonds. The molecule has 0 aliphatic carbocycles. The Labute approximate surface area is 108 Å². The zero-order valence-corrected chi connectivity index (χ0v) is 11.0. The lowest BCUT2D eigenvalue weighted by molar-refractivity contribution is -0.126. The summed E-state index contributed by atoms with van der Waals surface area (Å²) < 4.78 is 5.22. The fraction of sp³-hybridized carbons (Fsp3) is 0.500. The number of amides is 1. The number of rotatable bonds is 5. The highest BCUT2D eigenvalue weighted by atomic mass is 16.5. The van der Waals surface area contributed by atoms with E-state index >= 15 is 0 Å². The number of hydrogen-bond acceptors (Lipinski definition) is 3. The van der Waals surface area contributed by atoms with Gasteiger partial charge in [-0.2, -0.15) is 0 Å². The van der Waals surface area contributed by atoms with Crippen LogP contribution in [0.25, 0.3) is 0 Å². The van der Waals surface area contributed by atoms with Crippen molar-refractivity contribution in [3.05, 3.63) is 29.3 Å². The second-order valence-corrected chi connectivity index (χ2v) is 4.70. The van der Waals surface area contributed by atoms with E-state index in [1.807, 2.05) is 19.1 Å². The fourth-order valence-corrected chi connectivity index (χ4v) is 2.04. The van der Waals surface area contributed by atoms with Crippen LogP contribution < -0.4 is 15.4 Å². The van der Waals surface area contributed by atoms with Crippen LogP contribution in [0.5, 0.6) is 5.75 Å². The van der Waals surface area contributed by atoms with Gasteiger partial charge in [0.1, 0.15) is 5.75 Å². The molecule has 1 fully saturated rings. The number of ether oxygens (including phenoxy) is 1. The Morgan fingerprint density at radius 3 is 2.83 bits per heavy atom. The van der Waals surface area contributed by atoms with Gasteiger partial charge in [-0.15, -0.1) is 0 Å². The fourth-order valence-electron chi connectivity index (χ4n) is 2.04. The molecule has 0 aromatic heterocycles. The summed E-state index contributed by atoms with van der Waals surface area (Å²) in [5, 5.41) is 6.07. The highest BCUT2D eigenvalue weighted by Gasteiger charge is 2.23. The minimum Gasteiger partial charge on any atom is -0.496 e. The molecular weight excluding hydrogens is 228 g/mol. The van der Waals surface area contributed by atoms with Crippen LogP contribution in [0.2, 0.25) is 0 Å². The summed E-state index contributed by atoms with van der Waals surface area (Å²) in [6.07, 6.45) is 0.858. The van der Waals surface area contributed by atoms with E-state index in [-0.39, 0.29) is 11.8 Å². The first kappa shape index (κ1) is 12.9. The third-order valence-electron chi connectivity index (χ3n) is 3.32. The van der Waals surface area contributed by atoms with Crippen molar-refractivity contribution >= 4 is 5.91 Å². The molecule has 2 N–H and O–H groups in total. The van der Waals surface area contributed by atoms with Crippen LogP contribution in [0.4, 0.5) is 0 Å². The van der Waals surface area contributed by atoms with Gasteiger partial charge >= 0.3 is 0 Å². The SMILES string of the molecule is COc1ccc(CCNC(=O)C2CNC2)cc1C. The number of nitrogens with one attached hydrogen (secondary N) is 2. The lowest BCUT2D eigenvalue weighted by Crippen LogP contribution is -2.51. The molecule has 4 heteroatoms. The Kier molecular flexibility index (Phi) is 4.20. The standard InChI is InChI=1S/C14H20N2O2/c1-10-7-11(3-4-13(10)18-2)5-6-16-14(17)12-8-15-9-12/h3-4,7,12,15H,5-6,8-9H2,1-2H3,(H,16,17). The summed E-state index contributed by atoms with van der Waals surface area (Å²) in [6, 6.07) is 6.13. The van der Waals surface area contributed by atoms with Crippen LogP contribution in [-0.2, 0) is 11.2 Å². The number of methoxy groups -OCH3 is 1. The van der Waals surface area contributed by atoms with Crippen LogP contribution in [0.3, 0.4) is 0 Å². The second kappa shape index (κ2) is 5.87. The summed E-state index contributed by atoms with van der Waals surface area (Å²) in [4.78, 5) is 11.6. The second-order valence-electron chi connectivity index (χ2n) is 4.70. The molecule has 1 heterocycles. The number of benzene rings is 1. The van der Waals surface area contributed by atoms with Gasteiger partial charge in [-0.3, -0.25) is 4.79 Å². The Bertz CT molecular complexity index is 428. The van der Waals surface area contributed by atoms with E-state index in [1.54, 1.807) is 7.11 Å². The monoisotopic (exact) mass is 248 g/mol. The van der Waals surface area contributed by atoms with Crippen molar-refractivity contribution in [2.45, 2.75) is 13.3 Å². The van der Waals surface area contributed by atoms with Crippen molar-refractivity contribution in [1.29, 1.82) is 0 Å². The summed E-state index contributed by atoms with van der Waals surface area (Å²) in [7, 11) is 1.68. The first-order valence-corrected chi connectivity index (χ1v) is 6.32. The quantitative estimate of drug-likeness (QED) is 0.813. The smallest absolute Gasteiger partial charge is 0.225 e. The normalized spacial score (nSPS) is 15.0. The van der Waals surface area contributed by atoms with E-state index in [0.717, 1.165) is 30.8 Å². The molecule has 0 saturated carbocycles. The van der Waals surface area contributed by atoms with Gasteiger partial charge in [0.15, 0.2) is 0 Å². The third kappa shape index (κ3) is 3.01. The highest BCUT2D eigenvalue weighted by Crippen LogP contribution is 2.18. The number of carbonyl (C=O) groups excluding carboxylic acids is 1. The molecular formula is C14H20N2O2. The van der Waals surface area contributed by atoms with Gasteiger partial charge in [-0.25, -0.2) is 0 Å². The minimum atomic E-state index is 0.166. The molecule has 1 aliphatic rings. The first-order chi connectivity index (χ1) is 8.70. The van der Waals surface area contributed by atoms with Crippen LogP contribution in [0, 0.1) is 12.8 Å². The number of aryl methyl sites for hydroxylation is 1. The number of hydrogen-bond donors (Lipinski definition) is 2. The van der Waals surface area contributed by atoms with Crippen LogP contribution in [0.15, 0.2) is 18.2 Å². The summed E-state index contributed by atoms with van der Waals surface area (Å²) >= 11 is 0. The van der Waals surface area contributed by atoms with Crippen molar-refractivity contribution in [3.63, 3.8) is 0 Å². The van der Waals surface area contributed by atoms with Gasteiger partial charge in [0.2, 0.25) is 5.91 Å². The molecule has 18 heavy (non-hydrogen) atoms. The summed E-state index contributed by atoms with van der Waals surface area (Å²) in [5.74, 6) is 1.24. The van der Waals surface area contributed by atoms with Gasteiger partial charge in [-0.1, -0.05) is 12.1 Å². The molecule has 0 atom stereocenters. The van der Waals surface area contributed by atoms with Crippen LogP contribution in [0.1, 0.15) is 11.1 Å². The van der Waals surface area contributed by atoms with E-state index in [1.165, 1.54) is 5.56 Å². The summed E-state index contributed by atoms with van der Waals surface area (Å²) in [6.45, 7) is 4.35. The third-order valence-corrected chi connectivity index (χ3v) is 3.32. The molecule has 98 valence electrons. The van der Waals surface area contributed by atoms with Gasteiger partial charge in [0.25, 0.3) is 0 Å². The number of carbonyl (C=O) groups is 1. The Morgan fingerprint density at radius 1 is 1.50 bits per heavy atom. The molecule has 1 aliphatic heterocycles. The maximum Gasteiger partial charge on any atom is 0.225 e. The van der Waals surface area contributed by atoms with E-state index in [9.17, 15) is 4.79 Å². The molecule has 4 nitrogen and oxygen atoms in total. The van der Waals surface area contributed by atoms with Crippen LogP contribution >= 0.6 is 0 Å². The van der Waals surface area contributed by atoms with E-state index in [0.29, 0.717) is 6.54 Å². The average molecular weight is 248 g/mol. The van der Waals surface area contributed by atoms with Crippen molar-refractivity contribution in [3.8, 4) is 5.75 Å². The predicted octanol–water partition coefficient (Wildman–Crippen LogP) is 0.882. The molecule has 1 aromatic rings. The van der Waals surface area contributed by atoms with Crippen molar-refractivity contribution in [2.75, 3.05) is 26.7 Å². The maximum absolute atomic E-state index is 11.6. The molecule has 0 bridgehead atoms. The molecule has 0 spiro atoms.